The number of hydrogen-bond acceptors (Lipinski definition) is 4. The lowest BCUT2D eigenvalue weighted by molar-refractivity contribution is -0.147. The molecule has 3 aromatic rings. The fourth-order valence-electron chi connectivity index (χ4n) is 4.74. The van der Waals surface area contributed by atoms with Crippen molar-refractivity contribution in [1.82, 2.24) is 4.90 Å². The standard InChI is InChI=1S/C26H27NO3/c1-29-23-17-15-22(16-18-23)26(20-10-5-3-6-11-20,21-12-7-4-8-13-21)27-19-9-14-24(27)25(28)30-2/h3-8,10-13,15-18,24H,9,14,19H2,1-2H3/t24-/m0/s1. The van der Waals surface area contributed by atoms with Crippen molar-refractivity contribution in [1.29, 1.82) is 0 Å². The van der Waals surface area contributed by atoms with Gasteiger partial charge in [0.15, 0.2) is 0 Å². The van der Waals surface area contributed by atoms with Crippen LogP contribution in [-0.4, -0.2) is 37.7 Å². The van der Waals surface area contributed by atoms with Gasteiger partial charge in [0.25, 0.3) is 0 Å². The molecule has 3 aromatic carbocycles. The van der Waals surface area contributed by atoms with E-state index >= 15 is 0 Å². The molecule has 1 saturated heterocycles. The predicted octanol–water partition coefficient (Wildman–Crippen LogP) is 4.62. The van der Waals surface area contributed by atoms with Gasteiger partial charge in [-0.3, -0.25) is 9.69 Å². The van der Waals surface area contributed by atoms with Crippen LogP contribution in [0.3, 0.4) is 0 Å². The third-order valence-corrected chi connectivity index (χ3v) is 6.05. The maximum atomic E-state index is 12.8. The first-order valence-corrected chi connectivity index (χ1v) is 10.3. The second-order valence-electron chi connectivity index (χ2n) is 7.55. The summed E-state index contributed by atoms with van der Waals surface area (Å²) in [6.45, 7) is 0.801. The lowest BCUT2D eigenvalue weighted by Crippen LogP contribution is -2.53. The van der Waals surface area contributed by atoms with Crippen LogP contribution in [-0.2, 0) is 15.1 Å². The zero-order valence-electron chi connectivity index (χ0n) is 17.5. The van der Waals surface area contributed by atoms with E-state index < -0.39 is 5.54 Å². The number of likely N-dealkylation sites (tertiary alicyclic amines) is 1. The van der Waals surface area contributed by atoms with Gasteiger partial charge in [-0.2, -0.15) is 0 Å². The Balaban J connectivity index is 2.02. The number of rotatable bonds is 6. The minimum Gasteiger partial charge on any atom is -0.497 e. The number of carbonyl (C=O) groups excluding carboxylic acids is 1. The normalized spacial score (nSPS) is 16.9. The lowest BCUT2D eigenvalue weighted by atomic mass is 9.75. The molecule has 0 unspecified atom stereocenters. The summed E-state index contributed by atoms with van der Waals surface area (Å²) in [5.74, 6) is 0.622. The molecule has 0 N–H and O–H groups in total. The van der Waals surface area contributed by atoms with E-state index in [0.717, 1.165) is 41.8 Å². The molecule has 1 fully saturated rings. The van der Waals surface area contributed by atoms with Gasteiger partial charge in [0.1, 0.15) is 11.8 Å². The highest BCUT2D eigenvalue weighted by molar-refractivity contribution is 5.76. The van der Waals surface area contributed by atoms with E-state index in [0.29, 0.717) is 0 Å². The van der Waals surface area contributed by atoms with Crippen molar-refractivity contribution >= 4 is 5.97 Å². The third-order valence-electron chi connectivity index (χ3n) is 6.05. The van der Waals surface area contributed by atoms with Crippen LogP contribution >= 0.6 is 0 Å². The van der Waals surface area contributed by atoms with Crippen LogP contribution in [0.2, 0.25) is 0 Å². The monoisotopic (exact) mass is 401 g/mol. The Kier molecular flexibility index (Phi) is 5.86. The van der Waals surface area contributed by atoms with Gasteiger partial charge in [-0.05, 0) is 41.7 Å². The summed E-state index contributed by atoms with van der Waals surface area (Å²) >= 11 is 0. The molecule has 0 amide bonds. The molecule has 1 aliphatic heterocycles. The van der Waals surface area contributed by atoms with E-state index in [1.54, 1.807) is 7.11 Å². The van der Waals surface area contributed by atoms with Crippen LogP contribution < -0.4 is 4.74 Å². The summed E-state index contributed by atoms with van der Waals surface area (Å²) in [6.07, 6.45) is 1.72. The molecule has 0 saturated carbocycles. The first-order valence-electron chi connectivity index (χ1n) is 10.3. The minimum absolute atomic E-state index is 0.183. The van der Waals surface area contributed by atoms with Crippen molar-refractivity contribution < 1.29 is 14.3 Å². The Morgan fingerprint density at radius 1 is 0.833 bits per heavy atom. The fraction of sp³-hybridized carbons (Fsp3) is 0.269. The van der Waals surface area contributed by atoms with Crippen LogP contribution in [0.5, 0.6) is 5.75 Å². The summed E-state index contributed by atoms with van der Waals surface area (Å²) < 4.78 is 10.6. The summed E-state index contributed by atoms with van der Waals surface area (Å²) in [6, 6.07) is 28.7. The smallest absolute Gasteiger partial charge is 0.323 e. The molecule has 1 aliphatic rings. The second kappa shape index (κ2) is 8.72. The zero-order chi connectivity index (χ0) is 21.0. The highest BCUT2D eigenvalue weighted by Gasteiger charge is 2.49. The maximum Gasteiger partial charge on any atom is 0.323 e. The number of esters is 1. The molecule has 30 heavy (non-hydrogen) atoms. The van der Waals surface area contributed by atoms with Crippen molar-refractivity contribution in [2.45, 2.75) is 24.4 Å². The number of carbonyl (C=O) groups is 1. The average molecular weight is 402 g/mol. The number of benzene rings is 3. The highest BCUT2D eigenvalue weighted by Crippen LogP contribution is 2.46. The summed E-state index contributed by atoms with van der Waals surface area (Å²) in [7, 11) is 3.14. The van der Waals surface area contributed by atoms with Gasteiger partial charge in [-0.15, -0.1) is 0 Å². The molecule has 0 bridgehead atoms. The largest absolute Gasteiger partial charge is 0.497 e. The van der Waals surface area contributed by atoms with Crippen LogP contribution in [0, 0.1) is 0 Å². The molecule has 0 aromatic heterocycles. The molecule has 4 rings (SSSR count). The van der Waals surface area contributed by atoms with E-state index in [1.807, 2.05) is 24.3 Å². The Hall–Kier alpha value is -3.11. The number of nitrogens with zero attached hydrogens (tertiary/aromatic N) is 1. The Bertz CT molecular complexity index is 931. The first-order chi connectivity index (χ1) is 14.7. The number of methoxy groups -OCH3 is 2. The highest BCUT2D eigenvalue weighted by atomic mass is 16.5. The fourth-order valence-corrected chi connectivity index (χ4v) is 4.74. The van der Waals surface area contributed by atoms with Gasteiger partial charge in [0.05, 0.1) is 19.8 Å². The van der Waals surface area contributed by atoms with E-state index in [9.17, 15) is 4.79 Å². The molecule has 1 atom stereocenters. The van der Waals surface area contributed by atoms with Crippen LogP contribution in [0.25, 0.3) is 0 Å². The van der Waals surface area contributed by atoms with Crippen molar-refractivity contribution in [3.05, 3.63) is 102 Å². The summed E-state index contributed by atoms with van der Waals surface area (Å²) in [5.41, 5.74) is 2.72. The van der Waals surface area contributed by atoms with E-state index in [4.69, 9.17) is 9.47 Å². The number of ether oxygens (including phenoxy) is 2. The molecule has 0 spiro atoms. The van der Waals surface area contributed by atoms with Crippen LogP contribution in [0.4, 0.5) is 0 Å². The number of hydrogen-bond donors (Lipinski definition) is 0. The van der Waals surface area contributed by atoms with Gasteiger partial charge in [0, 0.05) is 6.54 Å². The third kappa shape index (κ3) is 3.37. The molecular formula is C26H27NO3. The molecule has 154 valence electrons. The maximum absolute atomic E-state index is 12.8. The van der Waals surface area contributed by atoms with Gasteiger partial charge < -0.3 is 9.47 Å². The van der Waals surface area contributed by atoms with Crippen molar-refractivity contribution in [2.24, 2.45) is 0 Å². The summed E-state index contributed by atoms with van der Waals surface area (Å²) in [5, 5.41) is 0. The zero-order valence-corrected chi connectivity index (χ0v) is 17.5. The predicted molar refractivity (Wildman–Crippen MR) is 118 cm³/mol. The Labute approximate surface area is 178 Å². The minimum atomic E-state index is -0.621. The molecule has 4 nitrogen and oxygen atoms in total. The van der Waals surface area contributed by atoms with Crippen LogP contribution in [0.1, 0.15) is 29.5 Å². The SMILES string of the molecule is COC(=O)[C@@H]1CCCN1C(c1ccccc1)(c1ccccc1)c1ccc(OC)cc1. The molecular weight excluding hydrogens is 374 g/mol. The van der Waals surface area contributed by atoms with Crippen molar-refractivity contribution in [3.8, 4) is 5.75 Å². The van der Waals surface area contributed by atoms with Crippen molar-refractivity contribution in [2.75, 3.05) is 20.8 Å². The van der Waals surface area contributed by atoms with Gasteiger partial charge >= 0.3 is 5.97 Å². The molecule has 0 radical (unpaired) electrons. The van der Waals surface area contributed by atoms with Crippen LogP contribution in [0.15, 0.2) is 84.9 Å². The van der Waals surface area contributed by atoms with Gasteiger partial charge in [0.2, 0.25) is 0 Å². The quantitative estimate of drug-likeness (QED) is 0.446. The molecule has 1 heterocycles. The second-order valence-corrected chi connectivity index (χ2v) is 7.55. The topological polar surface area (TPSA) is 38.8 Å². The first kappa shape index (κ1) is 20.2. The Morgan fingerprint density at radius 3 is 1.87 bits per heavy atom. The van der Waals surface area contributed by atoms with Crippen molar-refractivity contribution in [3.63, 3.8) is 0 Å². The van der Waals surface area contributed by atoms with Gasteiger partial charge in [-0.25, -0.2) is 0 Å². The Morgan fingerprint density at radius 2 is 1.37 bits per heavy atom. The average Bonchev–Trinajstić information content (AvgIpc) is 3.31. The molecule has 4 heteroatoms. The summed E-state index contributed by atoms with van der Waals surface area (Å²) in [4.78, 5) is 15.1. The van der Waals surface area contributed by atoms with E-state index in [1.165, 1.54) is 7.11 Å². The van der Waals surface area contributed by atoms with E-state index in [-0.39, 0.29) is 12.0 Å². The molecule has 0 aliphatic carbocycles. The van der Waals surface area contributed by atoms with Gasteiger partial charge in [-0.1, -0.05) is 72.8 Å². The lowest BCUT2D eigenvalue weighted by Gasteiger charge is -2.45. The van der Waals surface area contributed by atoms with E-state index in [2.05, 4.69) is 65.6 Å².